The van der Waals surface area contributed by atoms with Crippen molar-refractivity contribution in [3.8, 4) is 5.75 Å². The van der Waals surface area contributed by atoms with Crippen LogP contribution >= 0.6 is 0 Å². The van der Waals surface area contributed by atoms with Crippen molar-refractivity contribution in [2.24, 2.45) is 5.10 Å². The Balaban J connectivity index is 2.26. The Labute approximate surface area is 156 Å². The molecule has 136 valence electrons. The lowest BCUT2D eigenvalue weighted by Crippen LogP contribution is -2.26. The third kappa shape index (κ3) is 3.52. The Kier molecular flexibility index (Phi) is 4.43. The minimum atomic E-state index is -0.167. The van der Waals surface area contributed by atoms with E-state index in [2.05, 4.69) is 47.6 Å². The van der Waals surface area contributed by atoms with Crippen LogP contribution in [-0.2, 0) is 10.8 Å². The standard InChI is InChI=1S/C23H28N2O/c1-22(2,3)17-14-18(23(4,5)6)21(26)20(15-17)25-13-9-11-16-10-7-8-12-19(16)24-25/h7-15,26H,1-6H3. The van der Waals surface area contributed by atoms with Gasteiger partial charge in [0.15, 0.2) is 0 Å². The molecule has 0 aromatic heterocycles. The zero-order chi connectivity index (χ0) is 19.1. The van der Waals surface area contributed by atoms with Crippen molar-refractivity contribution in [2.45, 2.75) is 52.4 Å². The summed E-state index contributed by atoms with van der Waals surface area (Å²) in [6.45, 7) is 12.9. The minimum absolute atomic E-state index is 0.0257. The van der Waals surface area contributed by atoms with E-state index in [9.17, 15) is 5.11 Å². The molecule has 0 amide bonds. The summed E-state index contributed by atoms with van der Waals surface area (Å²) in [6.07, 6.45) is 5.90. The molecule has 0 saturated heterocycles. The summed E-state index contributed by atoms with van der Waals surface area (Å²) in [5, 5.41) is 19.6. The maximum Gasteiger partial charge on any atom is 0.144 e. The average Bonchev–Trinajstić information content (AvgIpc) is 2.75. The van der Waals surface area contributed by atoms with Crippen LogP contribution in [0.3, 0.4) is 0 Å². The highest BCUT2D eigenvalue weighted by molar-refractivity contribution is 5.66. The number of fused-ring (bicyclic) bond motifs is 1. The Morgan fingerprint density at radius 3 is 2.27 bits per heavy atom. The number of hydrogen-bond donors (Lipinski definition) is 1. The van der Waals surface area contributed by atoms with Crippen molar-refractivity contribution in [3.63, 3.8) is 0 Å². The molecular formula is C23H28N2O. The lowest BCUT2D eigenvalue weighted by Gasteiger charge is -2.29. The molecule has 1 N–H and O–H groups in total. The highest BCUT2D eigenvalue weighted by Gasteiger charge is 2.26. The van der Waals surface area contributed by atoms with Crippen molar-refractivity contribution in [2.75, 3.05) is 5.01 Å². The first-order chi connectivity index (χ1) is 12.1. The first kappa shape index (κ1) is 18.2. The molecule has 3 heteroatoms. The van der Waals surface area contributed by atoms with Crippen LogP contribution in [0.25, 0.3) is 6.08 Å². The fraction of sp³-hybridized carbons (Fsp3) is 0.348. The molecule has 1 heterocycles. The molecule has 2 aromatic rings. The largest absolute Gasteiger partial charge is 0.505 e. The van der Waals surface area contributed by atoms with E-state index in [-0.39, 0.29) is 10.8 Å². The third-order valence-corrected chi connectivity index (χ3v) is 4.67. The van der Waals surface area contributed by atoms with Gasteiger partial charge in [-0.3, -0.25) is 0 Å². The number of nitrogens with zero attached hydrogens (tertiary/aromatic N) is 2. The second kappa shape index (κ2) is 6.31. The number of hydrogen-bond acceptors (Lipinski definition) is 3. The molecule has 0 unspecified atom stereocenters. The number of anilines is 1. The summed E-state index contributed by atoms with van der Waals surface area (Å²) < 4.78 is 0. The van der Waals surface area contributed by atoms with Gasteiger partial charge in [0.2, 0.25) is 0 Å². The first-order valence-electron chi connectivity index (χ1n) is 9.07. The molecule has 0 fully saturated rings. The van der Waals surface area contributed by atoms with Gasteiger partial charge in [0, 0.05) is 17.0 Å². The normalized spacial score (nSPS) is 14.3. The molecule has 0 spiro atoms. The van der Waals surface area contributed by atoms with Gasteiger partial charge in [-0.05, 0) is 34.6 Å². The number of phenols is 1. The second-order valence-corrected chi connectivity index (χ2v) is 8.90. The fourth-order valence-corrected chi connectivity index (χ4v) is 3.03. The average molecular weight is 348 g/mol. The molecule has 2 aromatic carbocycles. The number of allylic oxidation sites excluding steroid dienone is 1. The predicted octanol–water partition coefficient (Wildman–Crippen LogP) is 4.34. The fourth-order valence-electron chi connectivity index (χ4n) is 3.03. The monoisotopic (exact) mass is 348 g/mol. The van der Waals surface area contributed by atoms with Crippen molar-refractivity contribution >= 4 is 11.8 Å². The molecule has 0 aliphatic carbocycles. The summed E-state index contributed by atoms with van der Waals surface area (Å²) in [7, 11) is 0. The Morgan fingerprint density at radius 1 is 0.923 bits per heavy atom. The molecule has 3 rings (SSSR count). The van der Waals surface area contributed by atoms with Gasteiger partial charge in [-0.15, -0.1) is 0 Å². The smallest absolute Gasteiger partial charge is 0.144 e. The van der Waals surface area contributed by atoms with Crippen molar-refractivity contribution < 1.29 is 5.11 Å². The number of aromatic hydroxyl groups is 1. The van der Waals surface area contributed by atoms with Gasteiger partial charge < -0.3 is 5.11 Å². The highest BCUT2D eigenvalue weighted by Crippen LogP contribution is 2.42. The van der Waals surface area contributed by atoms with E-state index >= 15 is 0 Å². The van der Waals surface area contributed by atoms with Gasteiger partial charge in [-0.1, -0.05) is 71.9 Å². The van der Waals surface area contributed by atoms with Crippen LogP contribution in [-0.4, -0.2) is 5.11 Å². The second-order valence-electron chi connectivity index (χ2n) is 8.90. The molecule has 26 heavy (non-hydrogen) atoms. The van der Waals surface area contributed by atoms with Crippen LogP contribution in [0.15, 0.2) is 53.8 Å². The molecule has 1 aliphatic rings. The maximum atomic E-state index is 11.1. The van der Waals surface area contributed by atoms with E-state index in [0.717, 1.165) is 16.1 Å². The highest BCUT2D eigenvalue weighted by atomic mass is 16.3. The molecule has 0 atom stereocenters. The van der Waals surface area contributed by atoms with Gasteiger partial charge in [0.25, 0.3) is 0 Å². The van der Waals surface area contributed by atoms with Crippen LogP contribution in [0.5, 0.6) is 5.75 Å². The summed E-state index contributed by atoms with van der Waals surface area (Å²) in [5.74, 6) is 0.290. The Morgan fingerprint density at radius 2 is 1.62 bits per heavy atom. The molecule has 0 bridgehead atoms. The van der Waals surface area contributed by atoms with E-state index in [0.29, 0.717) is 11.4 Å². The number of rotatable bonds is 1. The lowest BCUT2D eigenvalue weighted by atomic mass is 9.79. The molecule has 3 nitrogen and oxygen atoms in total. The summed E-state index contributed by atoms with van der Waals surface area (Å²) in [4.78, 5) is 0. The third-order valence-electron chi connectivity index (χ3n) is 4.67. The van der Waals surface area contributed by atoms with Gasteiger partial charge in [0.05, 0.1) is 5.36 Å². The zero-order valence-corrected chi connectivity index (χ0v) is 16.5. The van der Waals surface area contributed by atoms with E-state index in [1.54, 1.807) is 5.01 Å². The van der Waals surface area contributed by atoms with Crippen LogP contribution in [0.2, 0.25) is 0 Å². The Hall–Kier alpha value is -2.55. The SMILES string of the molecule is CC(C)(C)c1cc(N2C=CC=c3ccccc3=N2)c(O)c(C(C)(C)C)c1. The molecular weight excluding hydrogens is 320 g/mol. The molecule has 0 radical (unpaired) electrons. The van der Waals surface area contributed by atoms with Crippen LogP contribution in [0.4, 0.5) is 5.69 Å². The summed E-state index contributed by atoms with van der Waals surface area (Å²) in [6, 6.07) is 12.2. The van der Waals surface area contributed by atoms with E-state index in [1.165, 1.54) is 5.56 Å². The summed E-state index contributed by atoms with van der Waals surface area (Å²) >= 11 is 0. The van der Waals surface area contributed by atoms with Crippen LogP contribution in [0, 0.1) is 0 Å². The minimum Gasteiger partial charge on any atom is -0.505 e. The quantitative estimate of drug-likeness (QED) is 0.832. The predicted molar refractivity (Wildman–Crippen MR) is 109 cm³/mol. The van der Waals surface area contributed by atoms with Gasteiger partial charge >= 0.3 is 0 Å². The maximum absolute atomic E-state index is 11.1. The van der Waals surface area contributed by atoms with E-state index < -0.39 is 0 Å². The van der Waals surface area contributed by atoms with Gasteiger partial charge in [-0.25, -0.2) is 5.01 Å². The van der Waals surface area contributed by atoms with Gasteiger partial charge in [0.1, 0.15) is 11.4 Å². The zero-order valence-electron chi connectivity index (χ0n) is 16.5. The topological polar surface area (TPSA) is 35.8 Å². The first-order valence-corrected chi connectivity index (χ1v) is 9.07. The molecule has 1 aliphatic heterocycles. The molecule has 0 saturated carbocycles. The Bertz CT molecular complexity index is 973. The summed E-state index contributed by atoms with van der Waals surface area (Å²) in [5.41, 5.74) is 2.64. The van der Waals surface area contributed by atoms with Crippen molar-refractivity contribution in [3.05, 3.63) is 70.4 Å². The van der Waals surface area contributed by atoms with Crippen molar-refractivity contribution in [1.29, 1.82) is 0 Å². The number of phenolic OH excluding ortho intramolecular Hbond substituents is 1. The van der Waals surface area contributed by atoms with Crippen LogP contribution < -0.4 is 15.6 Å². The van der Waals surface area contributed by atoms with Gasteiger partial charge in [-0.2, -0.15) is 5.10 Å². The van der Waals surface area contributed by atoms with E-state index in [1.807, 2.05) is 48.7 Å². The van der Waals surface area contributed by atoms with Crippen LogP contribution in [0.1, 0.15) is 52.7 Å². The number of benzene rings is 2. The van der Waals surface area contributed by atoms with E-state index in [4.69, 9.17) is 5.10 Å². The van der Waals surface area contributed by atoms with Crippen molar-refractivity contribution in [1.82, 2.24) is 0 Å². The lowest BCUT2D eigenvalue weighted by molar-refractivity contribution is 0.445.